The standard InChI is InChI=1S/C32H18N4S/c33-18-24-12-11-23(14-29(24)19-34)21-7-9-22(10-8-21)26-15-27(25-4-3-13-35-20-25)17-28(16-26)32-36-30-5-1-2-6-31(30)37-32/h1-17,20H. The summed E-state index contributed by atoms with van der Waals surface area (Å²) in [5, 5.41) is 19.6. The fraction of sp³-hybridized carbons (Fsp3) is 0. The molecule has 2 aromatic heterocycles. The molecule has 0 radical (unpaired) electrons. The van der Waals surface area contributed by atoms with Crippen molar-refractivity contribution >= 4 is 21.6 Å². The first kappa shape index (κ1) is 22.4. The summed E-state index contributed by atoms with van der Waals surface area (Å²) in [5.74, 6) is 0. The molecule has 0 unspecified atom stereocenters. The van der Waals surface area contributed by atoms with Crippen LogP contribution in [0.3, 0.4) is 0 Å². The van der Waals surface area contributed by atoms with Gasteiger partial charge in [0.2, 0.25) is 0 Å². The monoisotopic (exact) mass is 490 g/mol. The van der Waals surface area contributed by atoms with Crippen LogP contribution < -0.4 is 0 Å². The number of rotatable bonds is 4. The van der Waals surface area contributed by atoms with Crippen LogP contribution in [0.15, 0.2) is 109 Å². The number of fused-ring (bicyclic) bond motifs is 1. The maximum atomic E-state index is 9.39. The van der Waals surface area contributed by atoms with E-state index in [0.29, 0.717) is 11.1 Å². The molecule has 4 aromatic carbocycles. The molecule has 0 N–H and O–H groups in total. The molecule has 0 aliphatic rings. The third kappa shape index (κ3) is 4.36. The molecule has 0 saturated carbocycles. The third-order valence-corrected chi connectivity index (χ3v) is 7.37. The van der Waals surface area contributed by atoms with Crippen LogP contribution in [0.5, 0.6) is 0 Å². The predicted octanol–water partition coefficient (Wildman–Crippen LogP) is 8.10. The Bertz CT molecular complexity index is 1810. The molecule has 0 aliphatic carbocycles. The summed E-state index contributed by atoms with van der Waals surface area (Å²) in [7, 11) is 0. The van der Waals surface area contributed by atoms with Gasteiger partial charge in [-0.1, -0.05) is 48.5 Å². The van der Waals surface area contributed by atoms with Crippen molar-refractivity contribution in [1.82, 2.24) is 9.97 Å². The zero-order chi connectivity index (χ0) is 25.2. The lowest BCUT2D eigenvalue weighted by molar-refractivity contribution is 1.33. The second-order valence-corrected chi connectivity index (χ2v) is 9.62. The zero-order valence-electron chi connectivity index (χ0n) is 19.6. The van der Waals surface area contributed by atoms with Gasteiger partial charge in [0.25, 0.3) is 0 Å². The smallest absolute Gasteiger partial charge is 0.124 e. The number of hydrogen-bond donors (Lipinski definition) is 0. The largest absolute Gasteiger partial charge is 0.264 e. The molecule has 5 heteroatoms. The van der Waals surface area contributed by atoms with Crippen molar-refractivity contribution in [2.75, 3.05) is 0 Å². The van der Waals surface area contributed by atoms with Crippen LogP contribution in [0, 0.1) is 22.7 Å². The van der Waals surface area contributed by atoms with Gasteiger partial charge < -0.3 is 0 Å². The quantitative estimate of drug-likeness (QED) is 0.250. The summed E-state index contributed by atoms with van der Waals surface area (Å²) in [6, 6.07) is 36.5. The Kier molecular flexibility index (Phi) is 5.75. The van der Waals surface area contributed by atoms with Crippen molar-refractivity contribution in [3.63, 3.8) is 0 Å². The van der Waals surface area contributed by atoms with Crippen LogP contribution in [0.1, 0.15) is 11.1 Å². The summed E-state index contributed by atoms with van der Waals surface area (Å²) < 4.78 is 1.16. The third-order valence-electron chi connectivity index (χ3n) is 6.28. The summed E-state index contributed by atoms with van der Waals surface area (Å²) in [5.41, 5.74) is 9.00. The van der Waals surface area contributed by atoms with Crippen molar-refractivity contribution in [3.8, 4) is 56.1 Å². The molecule has 0 saturated heterocycles. The summed E-state index contributed by atoms with van der Waals surface area (Å²) in [4.78, 5) is 9.21. The molecule has 0 spiro atoms. The second-order valence-electron chi connectivity index (χ2n) is 8.59. The highest BCUT2D eigenvalue weighted by molar-refractivity contribution is 7.21. The van der Waals surface area contributed by atoms with Crippen LogP contribution in [0.2, 0.25) is 0 Å². The van der Waals surface area contributed by atoms with E-state index in [1.807, 2.05) is 48.7 Å². The highest BCUT2D eigenvalue weighted by atomic mass is 32.1. The van der Waals surface area contributed by atoms with E-state index >= 15 is 0 Å². The highest BCUT2D eigenvalue weighted by Crippen LogP contribution is 2.36. The average Bonchev–Trinajstić information content (AvgIpc) is 3.42. The second kappa shape index (κ2) is 9.51. The Hall–Kier alpha value is -5.10. The van der Waals surface area contributed by atoms with Crippen molar-refractivity contribution < 1.29 is 0 Å². The fourth-order valence-electron chi connectivity index (χ4n) is 4.38. The molecule has 0 aliphatic heterocycles. The van der Waals surface area contributed by atoms with E-state index in [4.69, 9.17) is 4.98 Å². The van der Waals surface area contributed by atoms with Crippen LogP contribution in [0.25, 0.3) is 54.2 Å². The van der Waals surface area contributed by atoms with E-state index in [9.17, 15) is 10.5 Å². The molecular formula is C32H18N4S. The maximum absolute atomic E-state index is 9.39. The Morgan fingerprint density at radius 1 is 0.568 bits per heavy atom. The van der Waals surface area contributed by atoms with Gasteiger partial charge in [0.1, 0.15) is 17.1 Å². The highest BCUT2D eigenvalue weighted by Gasteiger charge is 2.12. The molecule has 0 bridgehead atoms. The van der Waals surface area contributed by atoms with Crippen molar-refractivity contribution in [3.05, 3.63) is 121 Å². The lowest BCUT2D eigenvalue weighted by Crippen LogP contribution is -1.88. The Balaban J connectivity index is 1.44. The fourth-order valence-corrected chi connectivity index (χ4v) is 5.34. The van der Waals surface area contributed by atoms with Gasteiger partial charge in [-0.15, -0.1) is 11.3 Å². The number of aromatic nitrogens is 2. The van der Waals surface area contributed by atoms with Gasteiger partial charge >= 0.3 is 0 Å². The average molecular weight is 491 g/mol. The molecule has 37 heavy (non-hydrogen) atoms. The summed E-state index contributed by atoms with van der Waals surface area (Å²) in [6.45, 7) is 0. The van der Waals surface area contributed by atoms with Crippen LogP contribution in [0.4, 0.5) is 0 Å². The van der Waals surface area contributed by atoms with Gasteiger partial charge in [0.15, 0.2) is 0 Å². The SMILES string of the molecule is N#Cc1ccc(-c2ccc(-c3cc(-c4cccnc4)cc(-c4nc5ccccc5s4)c3)cc2)cc1C#N. The molecule has 0 fully saturated rings. The minimum absolute atomic E-state index is 0.383. The van der Waals surface area contributed by atoms with Crippen LogP contribution >= 0.6 is 11.3 Å². The minimum Gasteiger partial charge on any atom is -0.264 e. The first-order chi connectivity index (χ1) is 18.2. The van der Waals surface area contributed by atoms with Crippen molar-refractivity contribution in [2.24, 2.45) is 0 Å². The van der Waals surface area contributed by atoms with Crippen LogP contribution in [-0.2, 0) is 0 Å². The van der Waals surface area contributed by atoms with Gasteiger partial charge in [0.05, 0.1) is 21.3 Å². The molecular weight excluding hydrogens is 472 g/mol. The van der Waals surface area contributed by atoms with Crippen molar-refractivity contribution in [1.29, 1.82) is 10.5 Å². The molecule has 172 valence electrons. The maximum Gasteiger partial charge on any atom is 0.124 e. The number of nitriles is 2. The van der Waals surface area contributed by atoms with Gasteiger partial charge in [-0.25, -0.2) is 4.98 Å². The number of para-hydroxylation sites is 1. The first-order valence-electron chi connectivity index (χ1n) is 11.7. The summed E-state index contributed by atoms with van der Waals surface area (Å²) in [6.07, 6.45) is 3.66. The van der Waals surface area contributed by atoms with Gasteiger partial charge in [0, 0.05) is 23.5 Å². The molecule has 4 nitrogen and oxygen atoms in total. The topological polar surface area (TPSA) is 73.4 Å². The molecule has 0 atom stereocenters. The number of thiazole rings is 1. The Labute approximate surface area is 218 Å². The predicted molar refractivity (Wildman–Crippen MR) is 149 cm³/mol. The minimum atomic E-state index is 0.383. The van der Waals surface area contributed by atoms with Gasteiger partial charge in [-0.2, -0.15) is 10.5 Å². The van der Waals surface area contributed by atoms with Gasteiger partial charge in [-0.05, 0) is 76.3 Å². The van der Waals surface area contributed by atoms with E-state index in [2.05, 4.69) is 59.6 Å². The number of benzene rings is 4. The molecule has 6 aromatic rings. The molecule has 6 rings (SSSR count). The number of hydrogen-bond acceptors (Lipinski definition) is 5. The van der Waals surface area contributed by atoms with E-state index in [-0.39, 0.29) is 0 Å². The number of pyridine rings is 1. The first-order valence-corrected chi connectivity index (χ1v) is 12.5. The zero-order valence-corrected chi connectivity index (χ0v) is 20.4. The Morgan fingerprint density at radius 2 is 1.24 bits per heavy atom. The van der Waals surface area contributed by atoms with E-state index < -0.39 is 0 Å². The van der Waals surface area contributed by atoms with Crippen LogP contribution in [-0.4, -0.2) is 9.97 Å². The van der Waals surface area contributed by atoms with E-state index in [1.54, 1.807) is 29.7 Å². The van der Waals surface area contributed by atoms with E-state index in [1.165, 1.54) is 0 Å². The van der Waals surface area contributed by atoms with E-state index in [0.717, 1.165) is 54.2 Å². The van der Waals surface area contributed by atoms with Crippen molar-refractivity contribution in [2.45, 2.75) is 0 Å². The lowest BCUT2D eigenvalue weighted by atomic mass is 9.94. The normalized spacial score (nSPS) is 10.6. The Morgan fingerprint density at radius 3 is 1.95 bits per heavy atom. The molecule has 2 heterocycles. The lowest BCUT2D eigenvalue weighted by Gasteiger charge is -2.10. The molecule has 0 amide bonds. The number of nitrogens with zero attached hydrogens (tertiary/aromatic N) is 4. The van der Waals surface area contributed by atoms with Gasteiger partial charge in [-0.3, -0.25) is 4.98 Å². The summed E-state index contributed by atoms with van der Waals surface area (Å²) >= 11 is 1.69.